The van der Waals surface area contributed by atoms with Gasteiger partial charge < -0.3 is 5.73 Å². The van der Waals surface area contributed by atoms with Crippen LogP contribution in [0.4, 0.5) is 5.82 Å². The van der Waals surface area contributed by atoms with Crippen LogP contribution in [0.5, 0.6) is 0 Å². The van der Waals surface area contributed by atoms with Crippen LogP contribution in [0.25, 0.3) is 5.69 Å². The van der Waals surface area contributed by atoms with E-state index in [9.17, 15) is 14.4 Å². The van der Waals surface area contributed by atoms with Crippen LogP contribution < -0.4 is 16.6 Å². The zero-order valence-electron chi connectivity index (χ0n) is 12.2. The molecule has 0 fully saturated rings. The SMILES string of the molecule is Cc1c(Br)cc(Br)c(-n2c(N)c3c(cc2=O)C(=O)NC3=O)c1C. The average molecular weight is 441 g/mol. The van der Waals surface area contributed by atoms with E-state index < -0.39 is 17.4 Å². The number of amides is 2. The Labute approximate surface area is 147 Å². The molecule has 0 spiro atoms. The van der Waals surface area contributed by atoms with Crippen molar-refractivity contribution in [1.82, 2.24) is 9.88 Å². The number of rotatable bonds is 1. The van der Waals surface area contributed by atoms with Gasteiger partial charge in [0, 0.05) is 15.0 Å². The monoisotopic (exact) mass is 439 g/mol. The minimum Gasteiger partial charge on any atom is -0.384 e. The molecule has 6 nitrogen and oxygen atoms in total. The molecule has 0 atom stereocenters. The second kappa shape index (κ2) is 5.31. The molecule has 0 saturated carbocycles. The number of halogens is 2. The van der Waals surface area contributed by atoms with Crippen molar-refractivity contribution in [3.05, 3.63) is 53.7 Å². The largest absolute Gasteiger partial charge is 0.384 e. The molecule has 0 bridgehead atoms. The highest BCUT2D eigenvalue weighted by atomic mass is 79.9. The molecule has 8 heteroatoms. The predicted molar refractivity (Wildman–Crippen MR) is 93.1 cm³/mol. The maximum Gasteiger partial charge on any atom is 0.262 e. The van der Waals surface area contributed by atoms with Crippen LogP contribution in [0.1, 0.15) is 31.8 Å². The Morgan fingerprint density at radius 2 is 1.65 bits per heavy atom. The molecule has 0 unspecified atom stereocenters. The average Bonchev–Trinajstić information content (AvgIpc) is 2.74. The molecule has 1 aromatic carbocycles. The van der Waals surface area contributed by atoms with Gasteiger partial charge in [-0.15, -0.1) is 0 Å². The molecule has 2 amide bonds. The van der Waals surface area contributed by atoms with E-state index in [1.165, 1.54) is 4.57 Å². The molecular formula is C15H11Br2N3O3. The van der Waals surface area contributed by atoms with Crippen molar-refractivity contribution in [3.8, 4) is 5.69 Å². The summed E-state index contributed by atoms with van der Waals surface area (Å²) in [6.45, 7) is 3.75. The highest BCUT2D eigenvalue weighted by molar-refractivity contribution is 9.11. The first-order valence-electron chi connectivity index (χ1n) is 6.60. The van der Waals surface area contributed by atoms with Gasteiger partial charge in [-0.05, 0) is 47.0 Å². The first kappa shape index (κ1) is 15.9. The highest BCUT2D eigenvalue weighted by Gasteiger charge is 2.32. The fourth-order valence-electron chi connectivity index (χ4n) is 2.61. The standard InChI is InChI=1S/C15H11Br2N3O3/c1-5-6(2)12(9(17)4-8(5)16)20-10(21)3-7-11(13(20)18)15(23)19-14(7)22/h3-4H,18H2,1-2H3,(H,19,22,23). The van der Waals surface area contributed by atoms with Gasteiger partial charge in [-0.25, -0.2) is 0 Å². The Morgan fingerprint density at radius 3 is 2.30 bits per heavy atom. The van der Waals surface area contributed by atoms with Gasteiger partial charge in [0.05, 0.1) is 16.8 Å². The fourth-order valence-corrected chi connectivity index (χ4v) is 4.15. The number of carbonyl (C=O) groups is 2. The second-order valence-electron chi connectivity index (χ2n) is 5.21. The third-order valence-corrected chi connectivity index (χ3v) is 5.36. The Kier molecular flexibility index (Phi) is 3.68. The van der Waals surface area contributed by atoms with Crippen LogP contribution in [0, 0.1) is 13.8 Å². The summed E-state index contributed by atoms with van der Waals surface area (Å²) < 4.78 is 2.77. The normalized spacial score (nSPS) is 13.2. The third kappa shape index (κ3) is 2.24. The number of hydrogen-bond donors (Lipinski definition) is 2. The number of fused-ring (bicyclic) bond motifs is 1. The number of anilines is 1. The van der Waals surface area contributed by atoms with Crippen molar-refractivity contribution in [3.63, 3.8) is 0 Å². The smallest absolute Gasteiger partial charge is 0.262 e. The quantitative estimate of drug-likeness (QED) is 0.666. The predicted octanol–water partition coefficient (Wildman–Crippen LogP) is 2.45. The summed E-state index contributed by atoms with van der Waals surface area (Å²) in [4.78, 5) is 36.2. The molecule has 2 heterocycles. The molecule has 2 aromatic rings. The van der Waals surface area contributed by atoms with E-state index in [2.05, 4.69) is 37.2 Å². The zero-order valence-corrected chi connectivity index (χ0v) is 15.3. The molecule has 3 N–H and O–H groups in total. The number of benzene rings is 1. The molecule has 23 heavy (non-hydrogen) atoms. The summed E-state index contributed by atoms with van der Waals surface area (Å²) in [6.07, 6.45) is 0. The number of nitrogens with one attached hydrogen (secondary N) is 1. The zero-order chi connectivity index (χ0) is 17.0. The summed E-state index contributed by atoms with van der Waals surface area (Å²) in [5.74, 6) is -1.26. The molecule has 118 valence electrons. The topological polar surface area (TPSA) is 94.2 Å². The number of nitrogens with zero attached hydrogens (tertiary/aromatic N) is 1. The summed E-state index contributed by atoms with van der Waals surface area (Å²) >= 11 is 6.88. The van der Waals surface area contributed by atoms with E-state index in [-0.39, 0.29) is 16.9 Å². The van der Waals surface area contributed by atoms with Crippen molar-refractivity contribution in [2.24, 2.45) is 0 Å². The molecule has 3 rings (SSSR count). The highest BCUT2D eigenvalue weighted by Crippen LogP contribution is 2.34. The lowest BCUT2D eigenvalue weighted by atomic mass is 10.1. The van der Waals surface area contributed by atoms with Gasteiger partial charge in [-0.2, -0.15) is 0 Å². The van der Waals surface area contributed by atoms with Crippen molar-refractivity contribution >= 4 is 49.5 Å². The number of nitrogens with two attached hydrogens (primary N) is 1. The van der Waals surface area contributed by atoms with E-state index in [1.807, 2.05) is 19.9 Å². The van der Waals surface area contributed by atoms with Crippen LogP contribution in [0.15, 0.2) is 25.9 Å². The maximum absolute atomic E-state index is 12.5. The van der Waals surface area contributed by atoms with E-state index in [0.29, 0.717) is 10.2 Å². The van der Waals surface area contributed by atoms with Gasteiger partial charge in [-0.1, -0.05) is 15.9 Å². The lowest BCUT2D eigenvalue weighted by molar-refractivity contribution is 0.0880. The van der Waals surface area contributed by atoms with Gasteiger partial charge in [0.1, 0.15) is 5.82 Å². The number of imide groups is 1. The summed E-state index contributed by atoms with van der Waals surface area (Å²) in [6, 6.07) is 2.94. The molecule has 1 aliphatic heterocycles. The molecule has 0 radical (unpaired) electrons. The van der Waals surface area contributed by atoms with E-state index in [0.717, 1.165) is 21.7 Å². The summed E-state index contributed by atoms with van der Waals surface area (Å²) in [7, 11) is 0. The van der Waals surface area contributed by atoms with Crippen LogP contribution in [0.2, 0.25) is 0 Å². The lowest BCUT2D eigenvalue weighted by Crippen LogP contribution is -2.25. The van der Waals surface area contributed by atoms with Crippen LogP contribution in [-0.2, 0) is 0 Å². The lowest BCUT2D eigenvalue weighted by Gasteiger charge is -2.18. The number of hydrogen-bond acceptors (Lipinski definition) is 4. The van der Waals surface area contributed by atoms with Crippen molar-refractivity contribution in [2.75, 3.05) is 5.73 Å². The van der Waals surface area contributed by atoms with Crippen molar-refractivity contribution in [2.45, 2.75) is 13.8 Å². The van der Waals surface area contributed by atoms with Crippen molar-refractivity contribution < 1.29 is 9.59 Å². The first-order valence-corrected chi connectivity index (χ1v) is 8.19. The number of carbonyl (C=O) groups excluding carboxylic acids is 2. The Balaban J connectivity index is 2.43. The Morgan fingerprint density at radius 1 is 1.00 bits per heavy atom. The van der Waals surface area contributed by atoms with Gasteiger partial charge in [0.15, 0.2) is 0 Å². The van der Waals surface area contributed by atoms with E-state index >= 15 is 0 Å². The second-order valence-corrected chi connectivity index (χ2v) is 6.92. The molecule has 1 aromatic heterocycles. The summed E-state index contributed by atoms with van der Waals surface area (Å²) in [5, 5.41) is 2.15. The van der Waals surface area contributed by atoms with E-state index in [1.54, 1.807) is 0 Å². The summed E-state index contributed by atoms with van der Waals surface area (Å²) in [5.41, 5.74) is 7.94. The number of nitrogen functional groups attached to an aromatic ring is 1. The fraction of sp³-hybridized carbons (Fsp3) is 0.133. The molecule has 1 aliphatic rings. The molecular weight excluding hydrogens is 430 g/mol. The van der Waals surface area contributed by atoms with Crippen LogP contribution in [0.3, 0.4) is 0 Å². The Bertz CT molecular complexity index is 964. The number of aromatic nitrogens is 1. The van der Waals surface area contributed by atoms with E-state index in [4.69, 9.17) is 5.73 Å². The first-order chi connectivity index (χ1) is 10.7. The number of pyridine rings is 1. The minimum atomic E-state index is -0.608. The third-order valence-electron chi connectivity index (χ3n) is 3.93. The Hall–Kier alpha value is -1.93. The van der Waals surface area contributed by atoms with Crippen molar-refractivity contribution in [1.29, 1.82) is 0 Å². The van der Waals surface area contributed by atoms with Crippen LogP contribution in [-0.4, -0.2) is 16.4 Å². The van der Waals surface area contributed by atoms with Gasteiger partial charge in [-0.3, -0.25) is 24.3 Å². The van der Waals surface area contributed by atoms with Gasteiger partial charge in [0.2, 0.25) is 0 Å². The van der Waals surface area contributed by atoms with Gasteiger partial charge in [0.25, 0.3) is 17.4 Å². The molecule has 0 saturated heterocycles. The minimum absolute atomic E-state index is 0.0105. The van der Waals surface area contributed by atoms with Gasteiger partial charge >= 0.3 is 0 Å². The maximum atomic E-state index is 12.5. The molecule has 0 aliphatic carbocycles. The van der Waals surface area contributed by atoms with Crippen LogP contribution >= 0.6 is 31.9 Å².